The van der Waals surface area contributed by atoms with Gasteiger partial charge in [0, 0.05) is 24.2 Å². The Morgan fingerprint density at radius 1 is 0.867 bits per heavy atom. The zero-order chi connectivity index (χ0) is 21.3. The van der Waals surface area contributed by atoms with E-state index in [4.69, 9.17) is 0 Å². The van der Waals surface area contributed by atoms with Crippen molar-refractivity contribution >= 4 is 28.2 Å². The highest BCUT2D eigenvalue weighted by Gasteiger charge is 2.12. The van der Waals surface area contributed by atoms with Crippen LogP contribution in [0.15, 0.2) is 66.0 Å². The lowest BCUT2D eigenvalue weighted by Gasteiger charge is -2.20. The molecular formula is C24H27N3O2S. The van der Waals surface area contributed by atoms with Gasteiger partial charge in [-0.15, -0.1) is 11.3 Å². The molecule has 0 aliphatic heterocycles. The Labute approximate surface area is 181 Å². The van der Waals surface area contributed by atoms with Crippen LogP contribution in [0.4, 0.5) is 5.00 Å². The van der Waals surface area contributed by atoms with E-state index in [1.54, 1.807) is 24.3 Å². The van der Waals surface area contributed by atoms with Crippen molar-refractivity contribution in [1.82, 2.24) is 10.2 Å². The Morgan fingerprint density at radius 3 is 2.23 bits per heavy atom. The molecule has 0 unspecified atom stereocenters. The number of benzene rings is 2. The van der Waals surface area contributed by atoms with Crippen molar-refractivity contribution in [2.24, 2.45) is 0 Å². The molecule has 3 aromatic rings. The summed E-state index contributed by atoms with van der Waals surface area (Å²) in [4.78, 5) is 27.5. The van der Waals surface area contributed by atoms with E-state index in [9.17, 15) is 9.59 Å². The van der Waals surface area contributed by atoms with Gasteiger partial charge in [-0.3, -0.25) is 14.5 Å². The van der Waals surface area contributed by atoms with Crippen LogP contribution >= 0.6 is 11.3 Å². The van der Waals surface area contributed by atoms with Crippen LogP contribution in [0.2, 0.25) is 0 Å². The number of hydrogen-bond acceptors (Lipinski definition) is 4. The highest BCUT2D eigenvalue weighted by Crippen LogP contribution is 2.17. The number of nitrogens with zero attached hydrogens (tertiary/aromatic N) is 1. The van der Waals surface area contributed by atoms with Crippen molar-refractivity contribution < 1.29 is 9.59 Å². The number of anilines is 1. The van der Waals surface area contributed by atoms with Crippen molar-refractivity contribution in [3.8, 4) is 0 Å². The second kappa shape index (κ2) is 10.7. The standard InChI is InChI=1S/C24H27N3O2S/c1-3-27(4-2)17-21-10-6-5-9-20(21)16-25-23(28)18-11-7-12-19(15-18)24(29)26-22-13-8-14-30-22/h5-15H,3-4,16-17H2,1-2H3,(H,25,28)(H,26,29). The van der Waals surface area contributed by atoms with E-state index in [0.717, 1.165) is 30.2 Å². The van der Waals surface area contributed by atoms with Crippen LogP contribution in [0, 0.1) is 0 Å². The molecule has 0 bridgehead atoms. The number of carbonyl (C=O) groups excluding carboxylic acids is 2. The third-order valence-electron chi connectivity index (χ3n) is 4.99. The van der Waals surface area contributed by atoms with E-state index in [0.29, 0.717) is 17.7 Å². The summed E-state index contributed by atoms with van der Waals surface area (Å²) in [5, 5.41) is 8.51. The van der Waals surface area contributed by atoms with Gasteiger partial charge in [-0.1, -0.05) is 44.2 Å². The first kappa shape index (κ1) is 21.7. The van der Waals surface area contributed by atoms with Crippen LogP contribution in [0.3, 0.4) is 0 Å². The van der Waals surface area contributed by atoms with E-state index < -0.39 is 0 Å². The van der Waals surface area contributed by atoms with Crippen molar-refractivity contribution in [2.75, 3.05) is 18.4 Å². The predicted octanol–water partition coefficient (Wildman–Crippen LogP) is 4.77. The molecular weight excluding hydrogens is 394 g/mol. The zero-order valence-electron chi connectivity index (χ0n) is 17.4. The van der Waals surface area contributed by atoms with E-state index in [-0.39, 0.29) is 11.8 Å². The molecule has 2 aromatic carbocycles. The summed E-state index contributed by atoms with van der Waals surface area (Å²) < 4.78 is 0. The third-order valence-corrected chi connectivity index (χ3v) is 5.78. The van der Waals surface area contributed by atoms with Gasteiger partial charge < -0.3 is 10.6 Å². The average molecular weight is 422 g/mol. The van der Waals surface area contributed by atoms with Crippen LogP contribution in [0.25, 0.3) is 0 Å². The first-order valence-corrected chi connectivity index (χ1v) is 11.0. The Balaban J connectivity index is 1.65. The van der Waals surface area contributed by atoms with Crippen LogP contribution in [0.5, 0.6) is 0 Å². The maximum Gasteiger partial charge on any atom is 0.256 e. The van der Waals surface area contributed by atoms with Gasteiger partial charge >= 0.3 is 0 Å². The largest absolute Gasteiger partial charge is 0.348 e. The summed E-state index contributed by atoms with van der Waals surface area (Å²) in [6, 6.07) is 18.7. The number of carbonyl (C=O) groups is 2. The molecule has 0 atom stereocenters. The highest BCUT2D eigenvalue weighted by molar-refractivity contribution is 7.14. The normalized spacial score (nSPS) is 10.8. The Bertz CT molecular complexity index is 982. The van der Waals surface area contributed by atoms with Gasteiger partial charge in [0.15, 0.2) is 0 Å². The fourth-order valence-corrected chi connectivity index (χ4v) is 3.80. The summed E-state index contributed by atoms with van der Waals surface area (Å²) in [5.74, 6) is -0.421. The highest BCUT2D eigenvalue weighted by atomic mass is 32.1. The number of nitrogens with one attached hydrogen (secondary N) is 2. The quantitative estimate of drug-likeness (QED) is 0.523. The van der Waals surface area contributed by atoms with Crippen molar-refractivity contribution in [2.45, 2.75) is 26.9 Å². The minimum atomic E-state index is -0.225. The Hall–Kier alpha value is -2.96. The van der Waals surface area contributed by atoms with Gasteiger partial charge in [-0.05, 0) is 59.9 Å². The summed E-state index contributed by atoms with van der Waals surface area (Å²) >= 11 is 1.46. The second-order valence-electron chi connectivity index (χ2n) is 6.93. The van der Waals surface area contributed by atoms with E-state index in [2.05, 4.69) is 35.4 Å². The number of thiophene rings is 1. The minimum absolute atomic E-state index is 0.196. The molecule has 0 fully saturated rings. The maximum absolute atomic E-state index is 12.7. The number of hydrogen-bond donors (Lipinski definition) is 2. The molecule has 0 aliphatic rings. The Kier molecular flexibility index (Phi) is 7.76. The number of rotatable bonds is 9. The molecule has 156 valence electrons. The molecule has 30 heavy (non-hydrogen) atoms. The molecule has 3 rings (SSSR count). The van der Waals surface area contributed by atoms with Crippen LogP contribution in [-0.2, 0) is 13.1 Å². The fourth-order valence-electron chi connectivity index (χ4n) is 3.19. The third kappa shape index (κ3) is 5.78. The predicted molar refractivity (Wildman–Crippen MR) is 123 cm³/mol. The SMILES string of the molecule is CCN(CC)Cc1ccccc1CNC(=O)c1cccc(C(=O)Nc2cccs2)c1. The molecule has 0 saturated carbocycles. The molecule has 2 amide bonds. The molecule has 0 radical (unpaired) electrons. The summed E-state index contributed by atoms with van der Waals surface area (Å²) in [5.41, 5.74) is 3.24. The molecule has 0 aliphatic carbocycles. The van der Waals surface area contributed by atoms with Gasteiger partial charge in [0.05, 0.1) is 5.00 Å². The van der Waals surface area contributed by atoms with Crippen LogP contribution in [0.1, 0.15) is 45.7 Å². The lowest BCUT2D eigenvalue weighted by molar-refractivity contribution is 0.0950. The molecule has 0 spiro atoms. The van der Waals surface area contributed by atoms with Crippen molar-refractivity contribution in [3.05, 3.63) is 88.3 Å². The van der Waals surface area contributed by atoms with Gasteiger partial charge in [-0.2, -0.15) is 0 Å². The van der Waals surface area contributed by atoms with E-state index in [1.165, 1.54) is 16.9 Å². The van der Waals surface area contributed by atoms with Gasteiger partial charge in [0.1, 0.15) is 0 Å². The molecule has 0 saturated heterocycles. The minimum Gasteiger partial charge on any atom is -0.348 e. The van der Waals surface area contributed by atoms with Crippen molar-refractivity contribution in [1.29, 1.82) is 0 Å². The van der Waals surface area contributed by atoms with Crippen molar-refractivity contribution in [3.63, 3.8) is 0 Å². The molecule has 1 heterocycles. The van der Waals surface area contributed by atoms with E-state index >= 15 is 0 Å². The topological polar surface area (TPSA) is 61.4 Å². The smallest absolute Gasteiger partial charge is 0.256 e. The zero-order valence-corrected chi connectivity index (χ0v) is 18.2. The molecule has 2 N–H and O–H groups in total. The number of amides is 2. The lowest BCUT2D eigenvalue weighted by atomic mass is 10.1. The first-order valence-electron chi connectivity index (χ1n) is 10.1. The molecule has 5 nitrogen and oxygen atoms in total. The van der Waals surface area contributed by atoms with Crippen LogP contribution in [-0.4, -0.2) is 29.8 Å². The van der Waals surface area contributed by atoms with Gasteiger partial charge in [0.25, 0.3) is 11.8 Å². The lowest BCUT2D eigenvalue weighted by Crippen LogP contribution is -2.26. The molecule has 6 heteroatoms. The monoisotopic (exact) mass is 421 g/mol. The maximum atomic E-state index is 12.7. The first-order chi connectivity index (χ1) is 14.6. The Morgan fingerprint density at radius 2 is 1.57 bits per heavy atom. The summed E-state index contributed by atoms with van der Waals surface area (Å²) in [6.45, 7) is 7.57. The van der Waals surface area contributed by atoms with Gasteiger partial charge in [-0.25, -0.2) is 0 Å². The fraction of sp³-hybridized carbons (Fsp3) is 0.250. The molecule has 1 aromatic heterocycles. The summed E-state index contributed by atoms with van der Waals surface area (Å²) in [6.07, 6.45) is 0. The summed E-state index contributed by atoms with van der Waals surface area (Å²) in [7, 11) is 0. The average Bonchev–Trinajstić information content (AvgIpc) is 3.29. The van der Waals surface area contributed by atoms with Crippen LogP contribution < -0.4 is 10.6 Å². The van der Waals surface area contributed by atoms with E-state index in [1.807, 2.05) is 35.7 Å². The second-order valence-corrected chi connectivity index (χ2v) is 7.87. The van der Waals surface area contributed by atoms with Gasteiger partial charge in [0.2, 0.25) is 0 Å².